The zero-order chi connectivity index (χ0) is 13.0. The fourth-order valence-electron chi connectivity index (χ4n) is 2.89. The van der Waals surface area contributed by atoms with Gasteiger partial charge in [-0.1, -0.05) is 19.4 Å². The highest BCUT2D eigenvalue weighted by atomic mass is 19.1. The lowest BCUT2D eigenvalue weighted by Crippen LogP contribution is -2.48. The molecular weight excluding hydrogens is 227 g/mol. The average molecular weight is 250 g/mol. The van der Waals surface area contributed by atoms with E-state index in [1.165, 1.54) is 25.3 Å². The van der Waals surface area contributed by atoms with Crippen molar-refractivity contribution in [3.8, 4) is 0 Å². The number of benzene rings is 1. The van der Waals surface area contributed by atoms with Gasteiger partial charge in [0.2, 0.25) is 0 Å². The lowest BCUT2D eigenvalue weighted by Gasteiger charge is -2.40. The van der Waals surface area contributed by atoms with E-state index in [4.69, 9.17) is 5.73 Å². The smallest absolute Gasteiger partial charge is 0.125 e. The maximum Gasteiger partial charge on any atom is 0.125 e. The van der Waals surface area contributed by atoms with Crippen molar-refractivity contribution in [1.29, 1.82) is 0 Å². The summed E-state index contributed by atoms with van der Waals surface area (Å²) >= 11 is 0. The number of anilines is 1. The van der Waals surface area contributed by atoms with Crippen LogP contribution in [0.3, 0.4) is 0 Å². The minimum atomic E-state index is -0.200. The van der Waals surface area contributed by atoms with E-state index in [-0.39, 0.29) is 11.4 Å². The first-order valence-corrected chi connectivity index (χ1v) is 6.91. The first-order chi connectivity index (χ1) is 8.67. The number of nitrogens with two attached hydrogens (primary N) is 1. The van der Waals surface area contributed by atoms with E-state index in [0.717, 1.165) is 24.4 Å². The molecule has 3 N–H and O–H groups in total. The summed E-state index contributed by atoms with van der Waals surface area (Å²) in [6, 6.07) is 6.66. The van der Waals surface area contributed by atoms with Crippen LogP contribution in [0.25, 0.3) is 0 Å². The standard InChI is InChI=1S/C15H23FN2/c1-2-12-6-8-15(11-17,9-7-12)18-14-5-3-4-13(16)10-14/h3-5,10,12,18H,2,6-9,11,17H2,1H3. The molecule has 1 saturated carbocycles. The van der Waals surface area contributed by atoms with Crippen molar-refractivity contribution < 1.29 is 4.39 Å². The van der Waals surface area contributed by atoms with Crippen molar-refractivity contribution >= 4 is 5.69 Å². The Morgan fingerprint density at radius 2 is 2.11 bits per heavy atom. The Morgan fingerprint density at radius 3 is 2.67 bits per heavy atom. The largest absolute Gasteiger partial charge is 0.378 e. The molecule has 0 atom stereocenters. The maximum atomic E-state index is 13.2. The van der Waals surface area contributed by atoms with Gasteiger partial charge >= 0.3 is 0 Å². The van der Waals surface area contributed by atoms with Crippen LogP contribution in [0.5, 0.6) is 0 Å². The molecule has 0 spiro atoms. The van der Waals surface area contributed by atoms with Crippen LogP contribution in [0.2, 0.25) is 0 Å². The third-order valence-corrected chi connectivity index (χ3v) is 4.26. The summed E-state index contributed by atoms with van der Waals surface area (Å²) in [4.78, 5) is 0. The van der Waals surface area contributed by atoms with Gasteiger partial charge in [0.25, 0.3) is 0 Å². The SMILES string of the molecule is CCC1CCC(CN)(Nc2cccc(F)c2)CC1. The number of nitrogens with one attached hydrogen (secondary N) is 1. The molecule has 0 saturated heterocycles. The predicted octanol–water partition coefficient (Wildman–Crippen LogP) is 3.54. The Labute approximate surface area is 109 Å². The van der Waals surface area contributed by atoms with Gasteiger partial charge in [0, 0.05) is 17.8 Å². The van der Waals surface area contributed by atoms with Gasteiger partial charge in [0.1, 0.15) is 5.82 Å². The summed E-state index contributed by atoms with van der Waals surface area (Å²) in [6.07, 6.45) is 5.85. The number of halogens is 1. The lowest BCUT2D eigenvalue weighted by atomic mass is 9.75. The van der Waals surface area contributed by atoms with Crippen LogP contribution in [0.4, 0.5) is 10.1 Å². The Kier molecular flexibility index (Phi) is 4.23. The number of hydrogen-bond donors (Lipinski definition) is 2. The summed E-state index contributed by atoms with van der Waals surface area (Å²) in [7, 11) is 0. The van der Waals surface area contributed by atoms with E-state index in [2.05, 4.69) is 12.2 Å². The van der Waals surface area contributed by atoms with E-state index >= 15 is 0 Å². The van der Waals surface area contributed by atoms with Gasteiger partial charge < -0.3 is 11.1 Å². The van der Waals surface area contributed by atoms with E-state index in [0.29, 0.717) is 6.54 Å². The molecule has 18 heavy (non-hydrogen) atoms. The second kappa shape index (κ2) is 5.70. The fraction of sp³-hybridized carbons (Fsp3) is 0.600. The summed E-state index contributed by atoms with van der Waals surface area (Å²) in [5, 5.41) is 3.46. The van der Waals surface area contributed by atoms with Gasteiger partial charge in [-0.05, 0) is 49.8 Å². The van der Waals surface area contributed by atoms with Gasteiger partial charge in [-0.15, -0.1) is 0 Å². The van der Waals surface area contributed by atoms with Crippen molar-refractivity contribution in [3.05, 3.63) is 30.1 Å². The highest BCUT2D eigenvalue weighted by Crippen LogP contribution is 2.35. The van der Waals surface area contributed by atoms with Crippen LogP contribution in [-0.2, 0) is 0 Å². The fourth-order valence-corrected chi connectivity index (χ4v) is 2.89. The monoisotopic (exact) mass is 250 g/mol. The molecule has 2 nitrogen and oxygen atoms in total. The third-order valence-electron chi connectivity index (χ3n) is 4.26. The molecule has 1 aromatic carbocycles. The molecule has 1 aliphatic carbocycles. The Hall–Kier alpha value is -1.09. The van der Waals surface area contributed by atoms with Crippen LogP contribution in [0.1, 0.15) is 39.0 Å². The molecule has 0 aromatic heterocycles. The van der Waals surface area contributed by atoms with Crippen molar-refractivity contribution in [3.63, 3.8) is 0 Å². The lowest BCUT2D eigenvalue weighted by molar-refractivity contribution is 0.253. The highest BCUT2D eigenvalue weighted by molar-refractivity contribution is 5.46. The first kappa shape index (κ1) is 13.3. The molecule has 0 aliphatic heterocycles. The van der Waals surface area contributed by atoms with Crippen LogP contribution >= 0.6 is 0 Å². The van der Waals surface area contributed by atoms with Crippen LogP contribution in [-0.4, -0.2) is 12.1 Å². The van der Waals surface area contributed by atoms with Gasteiger partial charge in [-0.2, -0.15) is 0 Å². The highest BCUT2D eigenvalue weighted by Gasteiger charge is 2.33. The van der Waals surface area contributed by atoms with Gasteiger partial charge in [-0.3, -0.25) is 0 Å². The maximum absolute atomic E-state index is 13.2. The summed E-state index contributed by atoms with van der Waals surface area (Å²) in [6.45, 7) is 2.86. The molecule has 0 bridgehead atoms. The molecule has 100 valence electrons. The summed E-state index contributed by atoms with van der Waals surface area (Å²) in [5.41, 5.74) is 6.76. The van der Waals surface area contributed by atoms with Crippen LogP contribution < -0.4 is 11.1 Å². The molecule has 1 aliphatic rings. The molecular formula is C15H23FN2. The normalized spacial score (nSPS) is 28.1. The molecule has 1 fully saturated rings. The van der Waals surface area contributed by atoms with Crippen molar-refractivity contribution in [2.75, 3.05) is 11.9 Å². The van der Waals surface area contributed by atoms with Crippen LogP contribution in [0.15, 0.2) is 24.3 Å². The zero-order valence-corrected chi connectivity index (χ0v) is 11.1. The summed E-state index contributed by atoms with van der Waals surface area (Å²) in [5.74, 6) is 0.633. The van der Waals surface area contributed by atoms with E-state index in [1.54, 1.807) is 12.1 Å². The second-order valence-electron chi connectivity index (χ2n) is 5.47. The van der Waals surface area contributed by atoms with Crippen LogP contribution in [0, 0.1) is 11.7 Å². The van der Waals surface area contributed by atoms with E-state index in [9.17, 15) is 4.39 Å². The quantitative estimate of drug-likeness (QED) is 0.857. The molecule has 0 unspecified atom stereocenters. The Morgan fingerprint density at radius 1 is 1.39 bits per heavy atom. The molecule has 2 rings (SSSR count). The average Bonchev–Trinajstić information content (AvgIpc) is 2.39. The van der Waals surface area contributed by atoms with Gasteiger partial charge in [-0.25, -0.2) is 4.39 Å². The van der Waals surface area contributed by atoms with Gasteiger partial charge in [0.05, 0.1) is 0 Å². The molecule has 0 amide bonds. The van der Waals surface area contributed by atoms with Crippen molar-refractivity contribution in [1.82, 2.24) is 0 Å². The predicted molar refractivity (Wildman–Crippen MR) is 74.1 cm³/mol. The number of hydrogen-bond acceptors (Lipinski definition) is 2. The summed E-state index contributed by atoms with van der Waals surface area (Å²) < 4.78 is 13.2. The molecule has 1 aromatic rings. The van der Waals surface area contributed by atoms with Gasteiger partial charge in [0.15, 0.2) is 0 Å². The minimum Gasteiger partial charge on any atom is -0.378 e. The van der Waals surface area contributed by atoms with Crippen molar-refractivity contribution in [2.24, 2.45) is 11.7 Å². The topological polar surface area (TPSA) is 38.0 Å². The van der Waals surface area contributed by atoms with Crippen molar-refractivity contribution in [2.45, 2.75) is 44.6 Å². The third kappa shape index (κ3) is 3.02. The first-order valence-electron chi connectivity index (χ1n) is 6.91. The van der Waals surface area contributed by atoms with E-state index in [1.807, 2.05) is 6.07 Å². The molecule has 0 radical (unpaired) electrons. The second-order valence-corrected chi connectivity index (χ2v) is 5.47. The Bertz CT molecular complexity index is 384. The van der Waals surface area contributed by atoms with E-state index < -0.39 is 0 Å². The number of rotatable bonds is 4. The Balaban J connectivity index is 2.05. The molecule has 0 heterocycles. The minimum absolute atomic E-state index is 0.0422. The molecule has 3 heteroatoms. The zero-order valence-electron chi connectivity index (χ0n) is 11.1.